The maximum absolute atomic E-state index is 12.3. The van der Waals surface area contributed by atoms with Crippen molar-refractivity contribution in [2.75, 3.05) is 17.3 Å². The Labute approximate surface area is 126 Å². The highest BCUT2D eigenvalue weighted by Crippen LogP contribution is 2.32. The molecule has 112 valence electrons. The molecule has 20 heavy (non-hydrogen) atoms. The van der Waals surface area contributed by atoms with Gasteiger partial charge in [-0.05, 0) is 44.1 Å². The minimum Gasteiger partial charge on any atom is -0.381 e. The first-order valence-electron chi connectivity index (χ1n) is 7.18. The van der Waals surface area contributed by atoms with Gasteiger partial charge in [-0.25, -0.2) is 8.42 Å². The van der Waals surface area contributed by atoms with Crippen molar-refractivity contribution in [1.29, 1.82) is 0 Å². The number of rotatable bonds is 6. The van der Waals surface area contributed by atoms with Gasteiger partial charge >= 0.3 is 0 Å². The van der Waals surface area contributed by atoms with E-state index in [4.69, 9.17) is 0 Å². The van der Waals surface area contributed by atoms with Crippen molar-refractivity contribution >= 4 is 27.3 Å². The van der Waals surface area contributed by atoms with Crippen molar-refractivity contribution in [2.24, 2.45) is 0 Å². The number of para-hydroxylation sites is 1. The minimum atomic E-state index is -3.17. The number of sulfone groups is 1. The average Bonchev–Trinajstić information content (AvgIpc) is 2.87. The Morgan fingerprint density at radius 3 is 2.70 bits per heavy atom. The summed E-state index contributed by atoms with van der Waals surface area (Å²) in [6.45, 7) is 1.90. The molecule has 1 saturated carbocycles. The summed E-state index contributed by atoms with van der Waals surface area (Å²) in [5.74, 6) is 0.212. The van der Waals surface area contributed by atoms with Crippen LogP contribution < -0.4 is 5.32 Å². The van der Waals surface area contributed by atoms with E-state index >= 15 is 0 Å². The molecule has 1 aromatic rings. The standard InChI is InChI=1S/C15H23NO2S2/c1-3-10-20(17,18)15-7-5-4-6-14(15)16-12-8-9-13(11-12)19-2/h4-7,12-13,16H,3,8-11H2,1-2H3. The average molecular weight is 313 g/mol. The van der Waals surface area contributed by atoms with Gasteiger partial charge in [0.15, 0.2) is 9.84 Å². The van der Waals surface area contributed by atoms with Gasteiger partial charge in [0, 0.05) is 11.3 Å². The molecule has 1 aromatic carbocycles. The predicted molar refractivity (Wildman–Crippen MR) is 87.4 cm³/mol. The Hall–Kier alpha value is -0.680. The molecule has 3 nitrogen and oxygen atoms in total. The van der Waals surface area contributed by atoms with Crippen LogP contribution in [0.15, 0.2) is 29.2 Å². The molecule has 2 atom stereocenters. The zero-order valence-corrected chi connectivity index (χ0v) is 13.8. The summed E-state index contributed by atoms with van der Waals surface area (Å²) in [4.78, 5) is 0.453. The van der Waals surface area contributed by atoms with Crippen LogP contribution in [0.25, 0.3) is 0 Å². The van der Waals surface area contributed by atoms with E-state index in [1.807, 2.05) is 30.8 Å². The number of hydrogen-bond acceptors (Lipinski definition) is 4. The number of hydrogen-bond donors (Lipinski definition) is 1. The molecule has 0 spiro atoms. The maximum atomic E-state index is 12.3. The third-order valence-corrected chi connectivity index (χ3v) is 6.84. The molecule has 2 rings (SSSR count). The van der Waals surface area contributed by atoms with Gasteiger partial charge < -0.3 is 5.32 Å². The van der Waals surface area contributed by atoms with Gasteiger partial charge in [-0.3, -0.25) is 0 Å². The van der Waals surface area contributed by atoms with Crippen LogP contribution in [0.5, 0.6) is 0 Å². The molecule has 5 heteroatoms. The van der Waals surface area contributed by atoms with Crippen LogP contribution in [0.4, 0.5) is 5.69 Å². The number of thioether (sulfide) groups is 1. The zero-order valence-electron chi connectivity index (χ0n) is 12.1. The second-order valence-electron chi connectivity index (χ2n) is 5.33. The van der Waals surface area contributed by atoms with E-state index < -0.39 is 9.84 Å². The molecule has 0 saturated heterocycles. The monoisotopic (exact) mass is 313 g/mol. The van der Waals surface area contributed by atoms with Crippen LogP contribution in [0.1, 0.15) is 32.6 Å². The van der Waals surface area contributed by atoms with E-state index in [0.717, 1.165) is 18.5 Å². The molecule has 0 radical (unpaired) electrons. The zero-order chi connectivity index (χ0) is 14.6. The van der Waals surface area contributed by atoms with Crippen molar-refractivity contribution in [3.05, 3.63) is 24.3 Å². The molecule has 0 aliphatic heterocycles. The SMILES string of the molecule is CCCS(=O)(=O)c1ccccc1NC1CCC(SC)C1. The predicted octanol–water partition coefficient (Wildman–Crippen LogP) is 3.57. The highest BCUT2D eigenvalue weighted by Gasteiger charge is 2.25. The first-order valence-corrected chi connectivity index (χ1v) is 10.1. The van der Waals surface area contributed by atoms with E-state index in [1.54, 1.807) is 12.1 Å². The molecule has 0 aromatic heterocycles. The normalized spacial score (nSPS) is 22.9. The van der Waals surface area contributed by atoms with E-state index in [0.29, 0.717) is 22.6 Å². The summed E-state index contributed by atoms with van der Waals surface area (Å²) < 4.78 is 24.6. The third kappa shape index (κ3) is 3.70. The van der Waals surface area contributed by atoms with Crippen LogP contribution >= 0.6 is 11.8 Å². The Morgan fingerprint density at radius 2 is 2.05 bits per heavy atom. The lowest BCUT2D eigenvalue weighted by Crippen LogP contribution is -2.18. The summed E-state index contributed by atoms with van der Waals surface area (Å²) in [5.41, 5.74) is 0.771. The Bertz CT molecular complexity index is 543. The lowest BCUT2D eigenvalue weighted by atomic mass is 10.2. The fourth-order valence-electron chi connectivity index (χ4n) is 2.74. The van der Waals surface area contributed by atoms with Gasteiger partial charge in [0.2, 0.25) is 0 Å². The molecular weight excluding hydrogens is 290 g/mol. The third-order valence-electron chi connectivity index (χ3n) is 3.77. The topological polar surface area (TPSA) is 46.2 Å². The van der Waals surface area contributed by atoms with Gasteiger partial charge in [0.25, 0.3) is 0 Å². The van der Waals surface area contributed by atoms with Crippen LogP contribution in [-0.4, -0.2) is 31.7 Å². The van der Waals surface area contributed by atoms with Gasteiger partial charge in [0.05, 0.1) is 16.3 Å². The first kappa shape index (κ1) is 15.7. The summed E-state index contributed by atoms with van der Waals surface area (Å²) in [6, 6.07) is 7.69. The first-order chi connectivity index (χ1) is 9.56. The fourth-order valence-corrected chi connectivity index (χ4v) is 5.04. The maximum Gasteiger partial charge on any atom is 0.180 e. The molecule has 1 N–H and O–H groups in total. The van der Waals surface area contributed by atoms with Gasteiger partial charge in [0.1, 0.15) is 0 Å². The molecule has 0 bridgehead atoms. The molecule has 1 aliphatic rings. The molecule has 2 unspecified atom stereocenters. The van der Waals surface area contributed by atoms with Crippen molar-refractivity contribution in [2.45, 2.75) is 48.8 Å². The Balaban J connectivity index is 2.17. The van der Waals surface area contributed by atoms with Crippen LogP contribution in [0.3, 0.4) is 0 Å². The van der Waals surface area contributed by atoms with Gasteiger partial charge in [-0.2, -0.15) is 11.8 Å². The highest BCUT2D eigenvalue weighted by atomic mass is 32.2. The molecule has 0 amide bonds. The highest BCUT2D eigenvalue weighted by molar-refractivity contribution is 7.99. The quantitative estimate of drug-likeness (QED) is 0.872. The molecule has 0 heterocycles. The van der Waals surface area contributed by atoms with Crippen molar-refractivity contribution in [3.8, 4) is 0 Å². The summed E-state index contributed by atoms with van der Waals surface area (Å²) in [7, 11) is -3.17. The van der Waals surface area contributed by atoms with Crippen molar-refractivity contribution < 1.29 is 8.42 Å². The fraction of sp³-hybridized carbons (Fsp3) is 0.600. The van der Waals surface area contributed by atoms with E-state index in [1.165, 1.54) is 6.42 Å². The van der Waals surface area contributed by atoms with Crippen LogP contribution in [0.2, 0.25) is 0 Å². The van der Waals surface area contributed by atoms with E-state index in [9.17, 15) is 8.42 Å². The second-order valence-corrected chi connectivity index (χ2v) is 8.54. The Morgan fingerprint density at radius 1 is 1.30 bits per heavy atom. The number of anilines is 1. The Kier molecular flexibility index (Phi) is 5.38. The van der Waals surface area contributed by atoms with Gasteiger partial charge in [-0.1, -0.05) is 19.1 Å². The molecular formula is C15H23NO2S2. The number of benzene rings is 1. The van der Waals surface area contributed by atoms with E-state index in [2.05, 4.69) is 11.6 Å². The molecule has 1 fully saturated rings. The van der Waals surface area contributed by atoms with Crippen molar-refractivity contribution in [1.82, 2.24) is 0 Å². The second kappa shape index (κ2) is 6.85. The summed E-state index contributed by atoms with van der Waals surface area (Å²) in [5, 5.41) is 4.15. The van der Waals surface area contributed by atoms with Gasteiger partial charge in [-0.15, -0.1) is 0 Å². The lowest BCUT2D eigenvalue weighted by molar-refractivity contribution is 0.594. The minimum absolute atomic E-state index is 0.212. The van der Waals surface area contributed by atoms with E-state index in [-0.39, 0.29) is 5.75 Å². The van der Waals surface area contributed by atoms with Crippen LogP contribution in [-0.2, 0) is 9.84 Å². The van der Waals surface area contributed by atoms with Crippen LogP contribution in [0, 0.1) is 0 Å². The molecule has 1 aliphatic carbocycles. The summed E-state index contributed by atoms with van der Waals surface area (Å²) in [6.07, 6.45) is 6.24. The smallest absolute Gasteiger partial charge is 0.180 e. The number of nitrogens with one attached hydrogen (secondary N) is 1. The largest absolute Gasteiger partial charge is 0.381 e. The van der Waals surface area contributed by atoms with Crippen molar-refractivity contribution in [3.63, 3.8) is 0 Å². The summed E-state index contributed by atoms with van der Waals surface area (Å²) >= 11 is 1.91. The lowest BCUT2D eigenvalue weighted by Gasteiger charge is -2.17.